The SMILES string of the molecule is CN(C)CCOC(=C(F)N1C(F)(F)C(F)(F)OC(F)(F)C1(F)F)C(F)(F)F. The monoisotopic (exact) mass is 430 g/mol. The summed E-state index contributed by atoms with van der Waals surface area (Å²) in [5.74, 6) is -7.10. The maximum absolute atomic E-state index is 13.9. The number of likely N-dealkylation sites (N-methyl/N-ethyl adjacent to an activating group) is 1. The van der Waals surface area contributed by atoms with Crippen molar-refractivity contribution in [2.75, 3.05) is 27.2 Å². The molecule has 27 heavy (non-hydrogen) atoms. The van der Waals surface area contributed by atoms with Gasteiger partial charge in [-0.1, -0.05) is 0 Å². The summed E-state index contributed by atoms with van der Waals surface area (Å²) in [6.07, 6.45) is -19.1. The molecule has 0 aliphatic carbocycles. The maximum Gasteiger partial charge on any atom is 0.453 e. The highest BCUT2D eigenvalue weighted by molar-refractivity contribution is 5.13. The second-order valence-electron chi connectivity index (χ2n) is 5.32. The molecule has 0 amide bonds. The molecule has 1 rings (SSSR count). The minimum atomic E-state index is -6.64. The molecule has 0 aromatic carbocycles. The lowest BCUT2D eigenvalue weighted by atomic mass is 10.2. The summed E-state index contributed by atoms with van der Waals surface area (Å²) in [6.45, 7) is -1.57. The first-order valence-corrected chi connectivity index (χ1v) is 6.55. The third-order valence-corrected chi connectivity index (χ3v) is 2.94. The van der Waals surface area contributed by atoms with Crippen LogP contribution < -0.4 is 0 Å². The van der Waals surface area contributed by atoms with Crippen molar-refractivity contribution in [3.8, 4) is 0 Å². The van der Waals surface area contributed by atoms with Crippen molar-refractivity contribution in [1.82, 2.24) is 9.80 Å². The molecule has 0 saturated carbocycles. The summed E-state index contributed by atoms with van der Waals surface area (Å²) >= 11 is 0. The van der Waals surface area contributed by atoms with Gasteiger partial charge >= 0.3 is 30.5 Å². The third-order valence-electron chi connectivity index (χ3n) is 2.94. The molecule has 0 spiro atoms. The predicted octanol–water partition coefficient (Wildman–Crippen LogP) is 3.97. The largest absolute Gasteiger partial charge is 0.484 e. The Morgan fingerprint density at radius 1 is 0.926 bits per heavy atom. The number of hydrogen-bond donors (Lipinski definition) is 0. The quantitative estimate of drug-likeness (QED) is 0.375. The van der Waals surface area contributed by atoms with Gasteiger partial charge in [0.1, 0.15) is 6.61 Å². The van der Waals surface area contributed by atoms with E-state index < -0.39 is 60.2 Å². The van der Waals surface area contributed by atoms with E-state index in [1.807, 2.05) is 4.74 Å². The molecule has 160 valence electrons. The molecule has 0 N–H and O–H groups in total. The Morgan fingerprint density at radius 3 is 1.67 bits per heavy atom. The van der Waals surface area contributed by atoms with Gasteiger partial charge in [0.2, 0.25) is 5.95 Å². The summed E-state index contributed by atoms with van der Waals surface area (Å²) in [7, 11) is 2.53. The number of halogens is 12. The van der Waals surface area contributed by atoms with Crippen LogP contribution in [0.4, 0.5) is 52.7 Å². The van der Waals surface area contributed by atoms with Crippen LogP contribution in [0.15, 0.2) is 11.7 Å². The molecule has 0 unspecified atom stereocenters. The molecular weight excluding hydrogens is 420 g/mol. The molecular formula is C11H10F12N2O2. The Balaban J connectivity index is 3.57. The van der Waals surface area contributed by atoms with E-state index in [-0.39, 0.29) is 0 Å². The Labute approximate surface area is 142 Å². The highest BCUT2D eigenvalue weighted by atomic mass is 19.4. The van der Waals surface area contributed by atoms with Crippen molar-refractivity contribution in [2.24, 2.45) is 0 Å². The zero-order valence-corrected chi connectivity index (χ0v) is 13.2. The van der Waals surface area contributed by atoms with Gasteiger partial charge in [-0.15, -0.1) is 0 Å². The molecule has 0 atom stereocenters. The average Bonchev–Trinajstić information content (AvgIpc) is 2.38. The fraction of sp³-hybridized carbons (Fsp3) is 0.818. The van der Waals surface area contributed by atoms with Crippen LogP contribution in [-0.2, 0) is 9.47 Å². The van der Waals surface area contributed by atoms with Gasteiger partial charge in [0.05, 0.1) is 0 Å². The lowest BCUT2D eigenvalue weighted by Crippen LogP contribution is -2.73. The first kappa shape index (κ1) is 23.5. The van der Waals surface area contributed by atoms with E-state index in [0.717, 1.165) is 4.90 Å². The number of rotatable bonds is 5. The van der Waals surface area contributed by atoms with Gasteiger partial charge in [-0.05, 0) is 14.1 Å². The van der Waals surface area contributed by atoms with Crippen LogP contribution in [-0.4, -0.2) is 67.5 Å². The van der Waals surface area contributed by atoms with Crippen molar-refractivity contribution in [1.29, 1.82) is 0 Å². The first-order valence-electron chi connectivity index (χ1n) is 6.55. The van der Waals surface area contributed by atoms with Gasteiger partial charge in [-0.3, -0.25) is 0 Å². The van der Waals surface area contributed by atoms with E-state index in [9.17, 15) is 52.7 Å². The van der Waals surface area contributed by atoms with E-state index in [0.29, 0.717) is 0 Å². The number of alkyl halides is 11. The highest BCUT2D eigenvalue weighted by Crippen LogP contribution is 2.57. The summed E-state index contributed by atoms with van der Waals surface area (Å²) in [6, 6.07) is -13.3. The van der Waals surface area contributed by atoms with Gasteiger partial charge < -0.3 is 9.64 Å². The van der Waals surface area contributed by atoms with Crippen molar-refractivity contribution in [3.63, 3.8) is 0 Å². The molecule has 1 aliphatic heterocycles. The molecule has 1 saturated heterocycles. The second kappa shape index (κ2) is 6.79. The Bertz CT molecular complexity index is 560. The van der Waals surface area contributed by atoms with Gasteiger partial charge in [0.25, 0.3) is 5.76 Å². The average molecular weight is 430 g/mol. The molecule has 1 fully saturated rings. The number of allylic oxidation sites excluding steroid dienone is 1. The normalized spacial score (nSPS) is 24.6. The molecule has 1 heterocycles. The van der Waals surface area contributed by atoms with Gasteiger partial charge in [-0.25, -0.2) is 9.64 Å². The zero-order chi connectivity index (χ0) is 21.6. The van der Waals surface area contributed by atoms with E-state index >= 15 is 0 Å². The molecule has 1 aliphatic rings. The lowest BCUT2D eigenvalue weighted by molar-refractivity contribution is -0.559. The number of nitrogens with zero attached hydrogens (tertiary/aromatic N) is 2. The first-order chi connectivity index (χ1) is 11.8. The number of hydrogen-bond acceptors (Lipinski definition) is 4. The van der Waals surface area contributed by atoms with Gasteiger partial charge in [0.15, 0.2) is 0 Å². The third kappa shape index (κ3) is 4.14. The van der Waals surface area contributed by atoms with E-state index in [1.165, 1.54) is 14.1 Å². The molecule has 0 bridgehead atoms. The minimum Gasteiger partial charge on any atom is -0.484 e. The van der Waals surface area contributed by atoms with Crippen LogP contribution >= 0.6 is 0 Å². The lowest BCUT2D eigenvalue weighted by Gasteiger charge is -2.47. The fourth-order valence-corrected chi connectivity index (χ4v) is 1.66. The summed E-state index contributed by atoms with van der Waals surface area (Å²) in [5.41, 5.74) is 0. The zero-order valence-electron chi connectivity index (χ0n) is 13.2. The van der Waals surface area contributed by atoms with Gasteiger partial charge in [0, 0.05) is 6.54 Å². The highest BCUT2D eigenvalue weighted by Gasteiger charge is 2.84. The number of ether oxygens (including phenoxy) is 2. The topological polar surface area (TPSA) is 24.9 Å². The van der Waals surface area contributed by atoms with Gasteiger partial charge in [-0.2, -0.15) is 52.7 Å². The minimum absolute atomic E-state index is 0.435. The maximum atomic E-state index is 13.9. The Kier molecular flexibility index (Phi) is 5.90. The molecule has 0 aromatic heterocycles. The van der Waals surface area contributed by atoms with Crippen LogP contribution in [0.25, 0.3) is 0 Å². The van der Waals surface area contributed by atoms with Crippen molar-refractivity contribution < 1.29 is 62.2 Å². The van der Waals surface area contributed by atoms with Crippen molar-refractivity contribution in [2.45, 2.75) is 30.5 Å². The van der Waals surface area contributed by atoms with E-state index in [1.54, 1.807) is 0 Å². The standard InChI is InChI=1S/C11H10F12N2O2/c1-24(2)3-4-26-5(7(13,14)15)6(12)25-8(16,17)10(20,21)27-11(22,23)9(25,18)19/h3-4H2,1-2H3. The van der Waals surface area contributed by atoms with Crippen LogP contribution in [0, 0.1) is 0 Å². The molecule has 4 nitrogen and oxygen atoms in total. The van der Waals surface area contributed by atoms with Crippen LogP contribution in [0.1, 0.15) is 0 Å². The Hall–Kier alpha value is -1.58. The molecule has 0 aromatic rings. The fourth-order valence-electron chi connectivity index (χ4n) is 1.66. The molecule has 0 radical (unpaired) electrons. The van der Waals surface area contributed by atoms with E-state index in [2.05, 4.69) is 4.74 Å². The van der Waals surface area contributed by atoms with Crippen molar-refractivity contribution >= 4 is 0 Å². The van der Waals surface area contributed by atoms with Crippen LogP contribution in [0.5, 0.6) is 0 Å². The van der Waals surface area contributed by atoms with Crippen LogP contribution in [0.3, 0.4) is 0 Å². The molecule has 16 heteroatoms. The number of morpholine rings is 1. The van der Waals surface area contributed by atoms with Crippen LogP contribution in [0.2, 0.25) is 0 Å². The second-order valence-corrected chi connectivity index (χ2v) is 5.32. The summed E-state index contributed by atoms with van der Waals surface area (Å²) in [4.78, 5) is -1.87. The smallest absolute Gasteiger partial charge is 0.453 e. The van der Waals surface area contributed by atoms with Crippen molar-refractivity contribution in [3.05, 3.63) is 11.7 Å². The summed E-state index contributed by atoms with van der Waals surface area (Å²) in [5, 5.41) is 0. The summed E-state index contributed by atoms with van der Waals surface area (Å²) < 4.78 is 164. The predicted molar refractivity (Wildman–Crippen MR) is 61.4 cm³/mol. The Morgan fingerprint density at radius 2 is 1.33 bits per heavy atom. The van der Waals surface area contributed by atoms with E-state index in [4.69, 9.17) is 0 Å².